The van der Waals surface area contributed by atoms with Gasteiger partial charge in [-0.2, -0.15) is 0 Å². The van der Waals surface area contributed by atoms with Crippen LogP contribution in [0.1, 0.15) is 51.0 Å². The van der Waals surface area contributed by atoms with Crippen molar-refractivity contribution in [2.24, 2.45) is 5.41 Å². The van der Waals surface area contributed by atoms with Gasteiger partial charge in [0.25, 0.3) is 0 Å². The zero-order valence-corrected chi connectivity index (χ0v) is 9.71. The molecule has 15 heavy (non-hydrogen) atoms. The molecule has 0 spiro atoms. The first-order chi connectivity index (χ1) is 7.29. The Bertz CT molecular complexity index is 285. The molecule has 1 heteroatoms. The van der Waals surface area contributed by atoms with Crippen LogP contribution in [0.5, 0.6) is 0 Å². The van der Waals surface area contributed by atoms with Gasteiger partial charge in [-0.3, -0.25) is 4.98 Å². The van der Waals surface area contributed by atoms with Crippen LogP contribution in [0.4, 0.5) is 0 Å². The maximum atomic E-state index is 4.06. The zero-order valence-electron chi connectivity index (χ0n) is 9.71. The summed E-state index contributed by atoms with van der Waals surface area (Å²) >= 11 is 0. The van der Waals surface area contributed by atoms with Gasteiger partial charge in [0.15, 0.2) is 0 Å². The molecule has 1 fully saturated rings. The Hall–Kier alpha value is -0.850. The quantitative estimate of drug-likeness (QED) is 0.724. The molecule has 1 saturated carbocycles. The first-order valence-electron chi connectivity index (χ1n) is 6.17. The molecule has 1 aromatic heterocycles. The Kier molecular flexibility index (Phi) is 3.40. The lowest BCUT2D eigenvalue weighted by atomic mass is 9.72. The van der Waals surface area contributed by atoms with Crippen molar-refractivity contribution in [2.75, 3.05) is 0 Å². The van der Waals surface area contributed by atoms with E-state index in [0.29, 0.717) is 5.41 Å². The highest BCUT2D eigenvalue weighted by atomic mass is 14.6. The van der Waals surface area contributed by atoms with Crippen molar-refractivity contribution in [3.05, 3.63) is 30.1 Å². The number of aryl methyl sites for hydroxylation is 1. The second kappa shape index (κ2) is 4.78. The number of hydrogen-bond acceptors (Lipinski definition) is 1. The number of aromatic nitrogens is 1. The van der Waals surface area contributed by atoms with Crippen molar-refractivity contribution in [2.45, 2.75) is 51.9 Å². The van der Waals surface area contributed by atoms with E-state index in [4.69, 9.17) is 0 Å². The van der Waals surface area contributed by atoms with Crippen LogP contribution in [0.3, 0.4) is 0 Å². The topological polar surface area (TPSA) is 12.9 Å². The summed E-state index contributed by atoms with van der Waals surface area (Å²) in [6, 6.07) is 4.29. The van der Waals surface area contributed by atoms with E-state index in [1.54, 1.807) is 0 Å². The predicted octanol–water partition coefficient (Wildman–Crippen LogP) is 3.98. The van der Waals surface area contributed by atoms with Crippen molar-refractivity contribution < 1.29 is 0 Å². The Labute approximate surface area is 92.9 Å². The molecule has 2 rings (SSSR count). The van der Waals surface area contributed by atoms with Crippen molar-refractivity contribution in [3.63, 3.8) is 0 Å². The molecule has 0 aliphatic heterocycles. The summed E-state index contributed by atoms with van der Waals surface area (Å²) in [5.41, 5.74) is 2.05. The molecule has 1 nitrogen and oxygen atoms in total. The molecular weight excluding hydrogens is 182 g/mol. The highest BCUT2D eigenvalue weighted by Crippen LogP contribution is 2.39. The van der Waals surface area contributed by atoms with Crippen LogP contribution in [0, 0.1) is 5.41 Å². The first-order valence-corrected chi connectivity index (χ1v) is 6.17. The van der Waals surface area contributed by atoms with E-state index in [2.05, 4.69) is 24.0 Å². The van der Waals surface area contributed by atoms with Gasteiger partial charge in [-0.15, -0.1) is 0 Å². The van der Waals surface area contributed by atoms with Gasteiger partial charge in [-0.1, -0.05) is 26.2 Å². The zero-order chi connectivity index (χ0) is 10.6. The van der Waals surface area contributed by atoms with Gasteiger partial charge in [0, 0.05) is 12.4 Å². The smallest absolute Gasteiger partial charge is 0.0270 e. The molecule has 82 valence electrons. The third kappa shape index (κ3) is 3.05. The fourth-order valence-corrected chi connectivity index (χ4v) is 2.65. The summed E-state index contributed by atoms with van der Waals surface area (Å²) < 4.78 is 0. The monoisotopic (exact) mass is 203 g/mol. The molecule has 1 aliphatic carbocycles. The summed E-state index contributed by atoms with van der Waals surface area (Å²) in [7, 11) is 0. The number of nitrogens with zero attached hydrogens (tertiary/aromatic N) is 1. The minimum atomic E-state index is 0.613. The third-order valence-corrected chi connectivity index (χ3v) is 3.83. The van der Waals surface area contributed by atoms with Crippen LogP contribution in [0.25, 0.3) is 0 Å². The van der Waals surface area contributed by atoms with Crippen LogP contribution in [0.15, 0.2) is 24.5 Å². The molecule has 1 aliphatic rings. The van der Waals surface area contributed by atoms with E-state index >= 15 is 0 Å². The summed E-state index contributed by atoms with van der Waals surface area (Å²) in [4.78, 5) is 4.06. The van der Waals surface area contributed by atoms with Crippen molar-refractivity contribution in [3.8, 4) is 0 Å². The summed E-state index contributed by atoms with van der Waals surface area (Å²) in [5, 5.41) is 0. The Morgan fingerprint density at radius 2 is 1.80 bits per heavy atom. The largest absolute Gasteiger partial charge is 0.265 e. The Balaban J connectivity index is 1.87. The normalized spacial score (nSPS) is 20.1. The van der Waals surface area contributed by atoms with Gasteiger partial charge in [-0.25, -0.2) is 0 Å². The molecule has 0 N–H and O–H groups in total. The lowest BCUT2D eigenvalue weighted by molar-refractivity contribution is 0.199. The molecule has 0 radical (unpaired) electrons. The Morgan fingerprint density at radius 3 is 2.47 bits per heavy atom. The standard InChI is InChI=1S/C14H21N/c1-14(8-3-2-4-9-14)10-5-13-6-11-15-12-7-13/h6-7,11-12H,2-5,8-10H2,1H3. The molecule has 1 heterocycles. The van der Waals surface area contributed by atoms with Crippen LogP contribution in [-0.2, 0) is 6.42 Å². The minimum Gasteiger partial charge on any atom is -0.265 e. The van der Waals surface area contributed by atoms with E-state index in [-0.39, 0.29) is 0 Å². The summed E-state index contributed by atoms with van der Waals surface area (Å²) in [6.45, 7) is 2.47. The average molecular weight is 203 g/mol. The fraction of sp³-hybridized carbons (Fsp3) is 0.643. The van der Waals surface area contributed by atoms with Crippen LogP contribution in [-0.4, -0.2) is 4.98 Å². The Morgan fingerprint density at radius 1 is 1.13 bits per heavy atom. The first kappa shape index (κ1) is 10.7. The predicted molar refractivity (Wildman–Crippen MR) is 63.8 cm³/mol. The molecule has 0 aromatic carbocycles. The van der Waals surface area contributed by atoms with Gasteiger partial charge in [0.05, 0.1) is 0 Å². The lowest BCUT2D eigenvalue weighted by Gasteiger charge is -2.33. The highest BCUT2D eigenvalue weighted by Gasteiger charge is 2.25. The summed E-state index contributed by atoms with van der Waals surface area (Å²) in [6.07, 6.45) is 13.5. The highest BCUT2D eigenvalue weighted by molar-refractivity contribution is 5.10. The molecule has 0 atom stereocenters. The molecule has 0 amide bonds. The van der Waals surface area contributed by atoms with Gasteiger partial charge in [-0.05, 0) is 48.8 Å². The molecule has 0 saturated heterocycles. The fourth-order valence-electron chi connectivity index (χ4n) is 2.65. The van der Waals surface area contributed by atoms with Gasteiger partial charge >= 0.3 is 0 Å². The summed E-state index contributed by atoms with van der Waals surface area (Å²) in [5.74, 6) is 0. The maximum absolute atomic E-state index is 4.06. The van der Waals surface area contributed by atoms with Crippen molar-refractivity contribution >= 4 is 0 Å². The van der Waals surface area contributed by atoms with E-state index in [1.165, 1.54) is 50.5 Å². The van der Waals surface area contributed by atoms with E-state index in [9.17, 15) is 0 Å². The lowest BCUT2D eigenvalue weighted by Crippen LogP contribution is -2.20. The van der Waals surface area contributed by atoms with Gasteiger partial charge in [0.1, 0.15) is 0 Å². The molecule has 0 unspecified atom stereocenters. The van der Waals surface area contributed by atoms with Crippen LogP contribution in [0.2, 0.25) is 0 Å². The van der Waals surface area contributed by atoms with E-state index in [1.807, 2.05) is 12.4 Å². The number of pyridine rings is 1. The van der Waals surface area contributed by atoms with Gasteiger partial charge in [0.2, 0.25) is 0 Å². The second-order valence-corrected chi connectivity index (χ2v) is 5.23. The molecule has 0 bridgehead atoms. The average Bonchev–Trinajstić information content (AvgIpc) is 2.29. The van der Waals surface area contributed by atoms with Crippen molar-refractivity contribution in [1.82, 2.24) is 4.98 Å². The molecular formula is C14H21N. The number of rotatable bonds is 3. The van der Waals surface area contributed by atoms with Crippen LogP contribution < -0.4 is 0 Å². The molecule has 1 aromatic rings. The van der Waals surface area contributed by atoms with E-state index < -0.39 is 0 Å². The number of hydrogen-bond donors (Lipinski definition) is 0. The second-order valence-electron chi connectivity index (χ2n) is 5.23. The van der Waals surface area contributed by atoms with Crippen molar-refractivity contribution in [1.29, 1.82) is 0 Å². The minimum absolute atomic E-state index is 0.613. The van der Waals surface area contributed by atoms with Gasteiger partial charge < -0.3 is 0 Å². The van der Waals surface area contributed by atoms with Crippen LogP contribution >= 0.6 is 0 Å². The van der Waals surface area contributed by atoms with E-state index in [0.717, 1.165) is 0 Å². The SMILES string of the molecule is CC1(CCc2ccncc2)CCCCC1. The maximum Gasteiger partial charge on any atom is 0.0270 e. The third-order valence-electron chi connectivity index (χ3n) is 3.83.